The Morgan fingerprint density at radius 2 is 1.76 bits per heavy atom. The third-order valence-corrected chi connectivity index (χ3v) is 5.91. The van der Waals surface area contributed by atoms with E-state index < -0.39 is 10.1 Å². The lowest BCUT2D eigenvalue weighted by atomic mass is 10.2. The van der Waals surface area contributed by atoms with E-state index in [1.54, 1.807) is 61.6 Å². The minimum atomic E-state index is -3.71. The van der Waals surface area contributed by atoms with Crippen LogP contribution in [0, 0.1) is 0 Å². The molecule has 0 aliphatic carbocycles. The molecule has 0 bridgehead atoms. The molecule has 0 unspecified atom stereocenters. The maximum atomic E-state index is 12.3. The van der Waals surface area contributed by atoms with Gasteiger partial charge >= 0.3 is 10.1 Å². The SMILES string of the molecule is Cn1c(SCCS(=O)(=O)Oc2ccccc2)nc2ccccc2c1=O. The van der Waals surface area contributed by atoms with E-state index in [0.717, 1.165) is 0 Å². The van der Waals surface area contributed by atoms with Crippen LogP contribution in [0.25, 0.3) is 10.9 Å². The van der Waals surface area contributed by atoms with E-state index in [0.29, 0.717) is 16.1 Å². The number of rotatable bonds is 6. The van der Waals surface area contributed by atoms with Crippen molar-refractivity contribution in [2.75, 3.05) is 11.5 Å². The first-order chi connectivity index (χ1) is 12.0. The Morgan fingerprint density at radius 3 is 2.52 bits per heavy atom. The average molecular weight is 376 g/mol. The Labute approximate surface area is 149 Å². The highest BCUT2D eigenvalue weighted by Crippen LogP contribution is 2.18. The molecule has 0 aliphatic rings. The molecular formula is C17H16N2O4S2. The van der Waals surface area contributed by atoms with Crippen molar-refractivity contribution in [3.05, 3.63) is 65.0 Å². The van der Waals surface area contributed by atoms with E-state index in [9.17, 15) is 13.2 Å². The number of aromatic nitrogens is 2. The summed E-state index contributed by atoms with van der Waals surface area (Å²) in [5.74, 6) is 0.326. The summed E-state index contributed by atoms with van der Waals surface area (Å²) in [7, 11) is -2.08. The van der Waals surface area contributed by atoms with Crippen molar-refractivity contribution in [2.45, 2.75) is 5.16 Å². The number of para-hydroxylation sites is 2. The van der Waals surface area contributed by atoms with Gasteiger partial charge in [-0.1, -0.05) is 42.1 Å². The zero-order valence-electron chi connectivity index (χ0n) is 13.5. The lowest BCUT2D eigenvalue weighted by Gasteiger charge is -2.09. The van der Waals surface area contributed by atoms with Gasteiger partial charge in [-0.2, -0.15) is 8.42 Å². The summed E-state index contributed by atoms with van der Waals surface area (Å²) in [5.41, 5.74) is 0.438. The first-order valence-electron chi connectivity index (χ1n) is 7.52. The molecule has 0 saturated heterocycles. The Hall–Kier alpha value is -2.32. The lowest BCUT2D eigenvalue weighted by molar-refractivity contribution is 0.488. The van der Waals surface area contributed by atoms with Gasteiger partial charge in [-0.05, 0) is 24.3 Å². The molecule has 3 aromatic rings. The van der Waals surface area contributed by atoms with E-state index in [1.807, 2.05) is 0 Å². The molecule has 0 radical (unpaired) electrons. The first kappa shape index (κ1) is 17.5. The van der Waals surface area contributed by atoms with Gasteiger partial charge in [0.2, 0.25) is 0 Å². The fraction of sp³-hybridized carbons (Fsp3) is 0.176. The van der Waals surface area contributed by atoms with E-state index in [2.05, 4.69) is 4.98 Å². The van der Waals surface area contributed by atoms with Crippen LogP contribution in [0.5, 0.6) is 5.75 Å². The molecule has 25 heavy (non-hydrogen) atoms. The van der Waals surface area contributed by atoms with Crippen molar-refractivity contribution in [3.63, 3.8) is 0 Å². The van der Waals surface area contributed by atoms with Gasteiger partial charge in [-0.15, -0.1) is 0 Å². The van der Waals surface area contributed by atoms with Gasteiger partial charge in [0.1, 0.15) is 5.75 Å². The van der Waals surface area contributed by atoms with E-state index in [1.165, 1.54) is 16.3 Å². The first-order valence-corrected chi connectivity index (χ1v) is 10.1. The zero-order valence-corrected chi connectivity index (χ0v) is 15.1. The topological polar surface area (TPSA) is 78.3 Å². The summed E-state index contributed by atoms with van der Waals surface area (Å²) in [4.78, 5) is 16.7. The molecule has 3 rings (SSSR count). The summed E-state index contributed by atoms with van der Waals surface area (Å²) in [6.45, 7) is 0. The summed E-state index contributed by atoms with van der Waals surface area (Å²) in [6, 6.07) is 15.4. The molecule has 2 aromatic carbocycles. The van der Waals surface area contributed by atoms with Crippen LogP contribution in [-0.2, 0) is 17.2 Å². The Balaban J connectivity index is 1.71. The third kappa shape index (κ3) is 4.21. The molecular weight excluding hydrogens is 360 g/mol. The van der Waals surface area contributed by atoms with Gasteiger partial charge < -0.3 is 4.18 Å². The van der Waals surface area contributed by atoms with Gasteiger partial charge in [0.15, 0.2) is 5.16 Å². The maximum Gasteiger partial charge on any atom is 0.310 e. The van der Waals surface area contributed by atoms with Crippen LogP contribution in [0.2, 0.25) is 0 Å². The smallest absolute Gasteiger partial charge is 0.310 e. The molecule has 0 amide bonds. The van der Waals surface area contributed by atoms with Crippen LogP contribution in [0.3, 0.4) is 0 Å². The van der Waals surface area contributed by atoms with Crippen molar-refractivity contribution in [1.82, 2.24) is 9.55 Å². The predicted octanol–water partition coefficient (Wildman–Crippen LogP) is 2.43. The van der Waals surface area contributed by atoms with Crippen LogP contribution in [0.15, 0.2) is 64.5 Å². The minimum absolute atomic E-state index is 0.156. The molecule has 1 heterocycles. The standard InChI is InChI=1S/C17H16N2O4S2/c1-19-16(20)14-9-5-6-10-15(14)18-17(19)24-11-12-25(21,22)23-13-7-3-2-4-8-13/h2-10H,11-12H2,1H3. The second-order valence-corrected chi connectivity index (χ2v) is 8.03. The van der Waals surface area contributed by atoms with Gasteiger partial charge in [-0.3, -0.25) is 9.36 Å². The molecule has 8 heteroatoms. The highest BCUT2D eigenvalue weighted by atomic mass is 32.2. The van der Waals surface area contributed by atoms with Crippen LogP contribution in [-0.4, -0.2) is 29.5 Å². The van der Waals surface area contributed by atoms with Crippen molar-refractivity contribution >= 4 is 32.8 Å². The number of thioether (sulfide) groups is 1. The second-order valence-electron chi connectivity index (χ2n) is 5.28. The monoisotopic (exact) mass is 376 g/mol. The van der Waals surface area contributed by atoms with Crippen molar-refractivity contribution in [1.29, 1.82) is 0 Å². The summed E-state index contributed by atoms with van der Waals surface area (Å²) in [5, 5.41) is 1.01. The largest absolute Gasteiger partial charge is 0.382 e. The average Bonchev–Trinajstić information content (AvgIpc) is 2.59. The molecule has 1 aromatic heterocycles. The van der Waals surface area contributed by atoms with Gasteiger partial charge in [0.25, 0.3) is 5.56 Å². The van der Waals surface area contributed by atoms with Crippen LogP contribution >= 0.6 is 11.8 Å². The highest BCUT2D eigenvalue weighted by molar-refractivity contribution is 8.00. The van der Waals surface area contributed by atoms with Gasteiger partial charge in [0.05, 0.1) is 16.7 Å². The van der Waals surface area contributed by atoms with E-state index >= 15 is 0 Å². The summed E-state index contributed by atoms with van der Waals surface area (Å²) in [6.07, 6.45) is 0. The third-order valence-electron chi connectivity index (χ3n) is 3.47. The quantitative estimate of drug-likeness (QED) is 0.374. The Morgan fingerprint density at radius 1 is 1.08 bits per heavy atom. The molecule has 0 atom stereocenters. The lowest BCUT2D eigenvalue weighted by Crippen LogP contribution is -2.21. The van der Waals surface area contributed by atoms with Crippen LogP contribution in [0.4, 0.5) is 0 Å². The fourth-order valence-corrected chi connectivity index (χ4v) is 4.49. The molecule has 0 fully saturated rings. The summed E-state index contributed by atoms with van der Waals surface area (Å²) < 4.78 is 30.5. The molecule has 130 valence electrons. The summed E-state index contributed by atoms with van der Waals surface area (Å²) >= 11 is 1.21. The minimum Gasteiger partial charge on any atom is -0.382 e. The number of hydrogen-bond acceptors (Lipinski definition) is 6. The normalized spacial score (nSPS) is 11.6. The molecule has 6 nitrogen and oxygen atoms in total. The number of benzene rings is 2. The fourth-order valence-electron chi connectivity index (χ4n) is 2.23. The van der Waals surface area contributed by atoms with E-state index in [4.69, 9.17) is 4.18 Å². The van der Waals surface area contributed by atoms with Crippen LogP contribution in [0.1, 0.15) is 0 Å². The van der Waals surface area contributed by atoms with E-state index in [-0.39, 0.29) is 22.8 Å². The number of nitrogens with zero attached hydrogens (tertiary/aromatic N) is 2. The molecule has 0 N–H and O–H groups in total. The highest BCUT2D eigenvalue weighted by Gasteiger charge is 2.14. The van der Waals surface area contributed by atoms with Crippen molar-refractivity contribution in [3.8, 4) is 5.75 Å². The number of hydrogen-bond donors (Lipinski definition) is 0. The van der Waals surface area contributed by atoms with Crippen molar-refractivity contribution in [2.24, 2.45) is 7.05 Å². The van der Waals surface area contributed by atoms with Gasteiger partial charge in [-0.25, -0.2) is 4.98 Å². The predicted molar refractivity (Wildman–Crippen MR) is 98.6 cm³/mol. The zero-order chi connectivity index (χ0) is 17.9. The van der Waals surface area contributed by atoms with Gasteiger partial charge in [0, 0.05) is 12.8 Å². The Kier molecular flexibility index (Phi) is 5.10. The molecule has 0 aliphatic heterocycles. The second kappa shape index (κ2) is 7.28. The maximum absolute atomic E-state index is 12.3. The Bertz CT molecular complexity index is 1050. The molecule has 0 saturated carbocycles. The molecule has 0 spiro atoms. The van der Waals surface area contributed by atoms with Crippen molar-refractivity contribution < 1.29 is 12.6 Å². The van der Waals surface area contributed by atoms with Crippen LogP contribution < -0.4 is 9.74 Å². The number of fused-ring (bicyclic) bond motifs is 1.